The second kappa shape index (κ2) is 6.31. The third-order valence-electron chi connectivity index (χ3n) is 2.79. The lowest BCUT2D eigenvalue weighted by atomic mass is 11.3. The van der Waals surface area contributed by atoms with Crippen LogP contribution in [0.3, 0.4) is 0 Å². The van der Waals surface area contributed by atoms with E-state index in [2.05, 4.69) is 4.52 Å². The van der Waals surface area contributed by atoms with Crippen LogP contribution in [0.1, 0.15) is 0 Å². The molecule has 1 rings (SSSR count). The molecule has 1 aliphatic heterocycles. The number of halogens is 2. The third kappa shape index (κ3) is 3.37. The van der Waals surface area contributed by atoms with Gasteiger partial charge in [0.2, 0.25) is 20.9 Å². The predicted octanol–water partition coefficient (Wildman–Crippen LogP) is 4.56. The highest BCUT2D eigenvalue weighted by atomic mass is 35.7. The highest BCUT2D eigenvalue weighted by Crippen LogP contribution is 2.83. The highest BCUT2D eigenvalue weighted by molar-refractivity contribution is 8.02. The number of nitrogens with zero attached hydrogens (tertiary/aromatic N) is 7. The van der Waals surface area contributed by atoms with Crippen LogP contribution in [0.4, 0.5) is 0 Å². The molecule has 0 radical (unpaired) electrons. The molecule has 0 aromatic rings. The Bertz CT molecular complexity index is 515. The summed E-state index contributed by atoms with van der Waals surface area (Å²) in [7, 11) is 13.1. The number of rotatable bonds is 4. The van der Waals surface area contributed by atoms with Crippen molar-refractivity contribution in [1.82, 2.24) is 18.7 Å². The average Bonchev–Trinajstić information content (AvgIpc) is 2.26. The lowest BCUT2D eigenvalue weighted by Gasteiger charge is -2.40. The van der Waals surface area contributed by atoms with E-state index in [1.54, 1.807) is 0 Å². The summed E-state index contributed by atoms with van der Waals surface area (Å²) in [6.45, 7) is -5.07. The maximum absolute atomic E-state index is 6.75. The van der Waals surface area contributed by atoms with Crippen LogP contribution in [0, 0.1) is 0 Å². The normalized spacial score (nSPS) is 33.3. The molecule has 1 heterocycles. The second-order valence-electron chi connectivity index (χ2n) is 5.18. The standard InChI is InChI=1S/C8H24Cl2N7P3/c1-14(2)18(9)11-19(10,15(3)4)13-20(12-18,16(5)6)17(7)8/h1-8H3. The Balaban J connectivity index is 3.83. The van der Waals surface area contributed by atoms with Crippen molar-refractivity contribution in [3.05, 3.63) is 0 Å². The summed E-state index contributed by atoms with van der Waals surface area (Å²) in [4.78, 5) is 0. The lowest BCUT2D eigenvalue weighted by molar-refractivity contribution is 0.560. The molecule has 120 valence electrons. The summed E-state index contributed by atoms with van der Waals surface area (Å²) in [5, 5.41) is 0. The average molecular weight is 382 g/mol. The van der Waals surface area contributed by atoms with E-state index >= 15 is 0 Å². The van der Waals surface area contributed by atoms with Gasteiger partial charge in [0.25, 0.3) is 0 Å². The van der Waals surface area contributed by atoms with E-state index in [1.165, 1.54) is 0 Å². The van der Waals surface area contributed by atoms with Gasteiger partial charge < -0.3 is 0 Å². The fraction of sp³-hybridized carbons (Fsp3) is 1.00. The van der Waals surface area contributed by atoms with Gasteiger partial charge in [0.15, 0.2) is 0 Å². The molecular formula is C8H24Cl2N7P3. The lowest BCUT2D eigenvalue weighted by Crippen LogP contribution is -2.22. The van der Waals surface area contributed by atoms with E-state index in [1.807, 2.05) is 75.1 Å². The molecule has 2 unspecified atom stereocenters. The van der Waals surface area contributed by atoms with Crippen LogP contribution in [-0.2, 0) is 0 Å². The molecule has 0 amide bonds. The van der Waals surface area contributed by atoms with Gasteiger partial charge >= 0.3 is 0 Å². The van der Waals surface area contributed by atoms with Crippen LogP contribution in [-0.4, -0.2) is 75.1 Å². The van der Waals surface area contributed by atoms with Crippen molar-refractivity contribution in [1.29, 1.82) is 0 Å². The van der Waals surface area contributed by atoms with Crippen LogP contribution in [0.15, 0.2) is 13.5 Å². The van der Waals surface area contributed by atoms with Crippen molar-refractivity contribution in [2.24, 2.45) is 13.5 Å². The molecule has 7 nitrogen and oxygen atoms in total. The molecule has 0 saturated carbocycles. The topological polar surface area (TPSA) is 50.0 Å². The second-order valence-corrected chi connectivity index (χ2v) is 16.3. The molecule has 0 saturated heterocycles. The first-order valence-corrected chi connectivity index (χ1v) is 12.6. The molecule has 0 N–H and O–H groups in total. The SMILES string of the molecule is CN(C)P1(Cl)=NP(Cl)(N(C)C)=NP(N(C)C)(N(C)C)=N1. The first-order chi connectivity index (χ1) is 8.89. The van der Waals surface area contributed by atoms with E-state index in [0.717, 1.165) is 0 Å². The van der Waals surface area contributed by atoms with E-state index < -0.39 is 20.9 Å². The van der Waals surface area contributed by atoms with Crippen molar-refractivity contribution in [2.45, 2.75) is 0 Å². The van der Waals surface area contributed by atoms with E-state index in [9.17, 15) is 0 Å². The molecule has 0 aromatic carbocycles. The monoisotopic (exact) mass is 381 g/mol. The summed E-state index contributed by atoms with van der Waals surface area (Å²) in [5.74, 6) is 0. The zero-order valence-electron chi connectivity index (χ0n) is 13.2. The molecule has 1 aliphatic rings. The minimum atomic E-state index is -2.54. The molecule has 0 aliphatic carbocycles. The maximum atomic E-state index is 6.75. The first kappa shape index (κ1) is 19.2. The van der Waals surface area contributed by atoms with Crippen LogP contribution >= 0.6 is 43.4 Å². The van der Waals surface area contributed by atoms with Gasteiger partial charge in [-0.2, -0.15) is 13.5 Å². The predicted molar refractivity (Wildman–Crippen MR) is 94.5 cm³/mol. The molecule has 0 bridgehead atoms. The fourth-order valence-corrected chi connectivity index (χ4v) is 16.0. The summed E-state index contributed by atoms with van der Waals surface area (Å²) < 4.78 is 22.2. The van der Waals surface area contributed by atoms with Crippen molar-refractivity contribution < 1.29 is 0 Å². The zero-order valence-corrected chi connectivity index (χ0v) is 17.4. The van der Waals surface area contributed by atoms with E-state index in [-0.39, 0.29) is 0 Å². The maximum Gasteiger partial charge on any atom is 0.239 e. The van der Waals surface area contributed by atoms with Crippen molar-refractivity contribution in [2.75, 3.05) is 56.4 Å². The smallest absolute Gasteiger partial charge is 0.239 e. The summed E-state index contributed by atoms with van der Waals surface area (Å²) in [6.07, 6.45) is 0. The summed E-state index contributed by atoms with van der Waals surface area (Å²) in [5.41, 5.74) is 0. The highest BCUT2D eigenvalue weighted by Gasteiger charge is 2.40. The Morgan fingerprint density at radius 2 is 0.900 bits per heavy atom. The van der Waals surface area contributed by atoms with Gasteiger partial charge in [0, 0.05) is 0 Å². The van der Waals surface area contributed by atoms with E-state index in [4.69, 9.17) is 31.5 Å². The van der Waals surface area contributed by atoms with Gasteiger partial charge in [0.1, 0.15) is 0 Å². The Morgan fingerprint density at radius 1 is 0.550 bits per heavy atom. The molecule has 0 spiro atoms. The zero-order chi connectivity index (χ0) is 15.9. The summed E-state index contributed by atoms with van der Waals surface area (Å²) in [6, 6.07) is 0. The molecule has 0 fully saturated rings. The van der Waals surface area contributed by atoms with Crippen molar-refractivity contribution in [3.63, 3.8) is 0 Å². The minimum Gasteiger partial charge on any atom is -0.246 e. The van der Waals surface area contributed by atoms with Crippen molar-refractivity contribution in [3.8, 4) is 0 Å². The van der Waals surface area contributed by atoms with Crippen molar-refractivity contribution >= 4 is 43.4 Å². The fourth-order valence-electron chi connectivity index (χ4n) is 1.50. The summed E-state index contributed by atoms with van der Waals surface area (Å²) >= 11 is 13.5. The van der Waals surface area contributed by atoms with Crippen LogP contribution in [0.25, 0.3) is 0 Å². The van der Waals surface area contributed by atoms with Crippen LogP contribution in [0.5, 0.6) is 0 Å². The van der Waals surface area contributed by atoms with Crippen LogP contribution in [0.2, 0.25) is 0 Å². The molecule has 12 heteroatoms. The minimum absolute atomic E-state index is 1.87. The first-order valence-electron chi connectivity index (χ1n) is 5.92. The third-order valence-corrected chi connectivity index (χ3v) is 16.8. The quantitative estimate of drug-likeness (QED) is 0.669. The molecule has 2 atom stereocenters. The van der Waals surface area contributed by atoms with Gasteiger partial charge in [0.05, 0.1) is 0 Å². The number of hydrogen-bond donors (Lipinski definition) is 0. The molecular weight excluding hydrogens is 358 g/mol. The van der Waals surface area contributed by atoms with Gasteiger partial charge in [-0.05, 0) is 78.9 Å². The van der Waals surface area contributed by atoms with Crippen LogP contribution < -0.4 is 0 Å². The van der Waals surface area contributed by atoms with Gasteiger partial charge in [-0.3, -0.25) is 0 Å². The van der Waals surface area contributed by atoms with E-state index in [0.29, 0.717) is 0 Å². The molecule has 20 heavy (non-hydrogen) atoms. The van der Waals surface area contributed by atoms with Gasteiger partial charge in [-0.1, -0.05) is 0 Å². The Kier molecular flexibility index (Phi) is 6.05. The molecule has 0 aromatic heterocycles. The largest absolute Gasteiger partial charge is 0.246 e. The number of hydrogen-bond acceptors (Lipinski definition) is 7. The Morgan fingerprint density at radius 3 is 1.20 bits per heavy atom. The Labute approximate surface area is 132 Å². The Hall–Kier alpha value is 1.11. The van der Waals surface area contributed by atoms with Gasteiger partial charge in [-0.25, -0.2) is 18.7 Å². The van der Waals surface area contributed by atoms with Gasteiger partial charge in [-0.15, -0.1) is 0 Å².